The van der Waals surface area contributed by atoms with Gasteiger partial charge in [0.2, 0.25) is 5.91 Å². The van der Waals surface area contributed by atoms with Crippen LogP contribution in [0.25, 0.3) is 10.9 Å². The van der Waals surface area contributed by atoms with Crippen LogP contribution in [0.4, 0.5) is 4.39 Å². The lowest BCUT2D eigenvalue weighted by Crippen LogP contribution is -2.42. The number of aryl methyl sites for hydroxylation is 1. The van der Waals surface area contributed by atoms with E-state index in [4.69, 9.17) is 17.3 Å². The van der Waals surface area contributed by atoms with Crippen LogP contribution in [0.5, 0.6) is 0 Å². The fourth-order valence-electron chi connectivity index (χ4n) is 3.58. The zero-order valence-electron chi connectivity index (χ0n) is 17.6. The van der Waals surface area contributed by atoms with Gasteiger partial charge in [-0.15, -0.1) is 0 Å². The van der Waals surface area contributed by atoms with Gasteiger partial charge in [0.25, 0.3) is 5.91 Å². The third-order valence-corrected chi connectivity index (χ3v) is 5.45. The van der Waals surface area contributed by atoms with Gasteiger partial charge in [0.1, 0.15) is 12.4 Å². The number of amides is 2. The highest BCUT2D eigenvalue weighted by atomic mass is 35.5. The van der Waals surface area contributed by atoms with Crippen molar-refractivity contribution in [1.29, 1.82) is 0 Å². The molecule has 2 amide bonds. The first-order valence-corrected chi connectivity index (χ1v) is 10.7. The number of fused-ring (bicyclic) bond motifs is 1. The van der Waals surface area contributed by atoms with E-state index in [9.17, 15) is 18.8 Å². The summed E-state index contributed by atoms with van der Waals surface area (Å²) in [5.74, 6) is -1.83. The SMILES string of the molecule is CCC[C@H](NC(=O)Cn1nc(C(N)=O)c2ccccc21)C(=O)CCc1cccc(Cl)c1F. The lowest BCUT2D eigenvalue weighted by atomic mass is 10.00. The summed E-state index contributed by atoms with van der Waals surface area (Å²) in [7, 11) is 0. The standard InChI is InChI=1S/C23H24ClFN4O3/c1-2-6-17(19(30)12-11-14-7-5-9-16(24)21(14)25)27-20(31)13-29-18-10-4-3-8-15(18)22(28-29)23(26)32/h3-5,7-10,17H,2,6,11-13H2,1H3,(H2,26,32)(H,27,31)/t17-/m0/s1. The first-order valence-electron chi connectivity index (χ1n) is 10.3. The number of Topliss-reactive ketones (excluding diaryl/α,β-unsaturated/α-hetero) is 1. The van der Waals surface area contributed by atoms with Crippen molar-refractivity contribution >= 4 is 40.1 Å². The number of halogens is 2. The Morgan fingerprint density at radius 2 is 1.94 bits per heavy atom. The molecule has 0 aliphatic carbocycles. The number of aromatic nitrogens is 2. The Labute approximate surface area is 189 Å². The Hall–Kier alpha value is -3.26. The van der Waals surface area contributed by atoms with Crippen LogP contribution in [0.2, 0.25) is 5.02 Å². The van der Waals surface area contributed by atoms with Crippen molar-refractivity contribution in [3.8, 4) is 0 Å². The topological polar surface area (TPSA) is 107 Å². The summed E-state index contributed by atoms with van der Waals surface area (Å²) in [4.78, 5) is 37.1. The molecule has 0 radical (unpaired) electrons. The van der Waals surface area contributed by atoms with Crippen molar-refractivity contribution in [3.63, 3.8) is 0 Å². The Bertz CT molecular complexity index is 1160. The highest BCUT2D eigenvalue weighted by Crippen LogP contribution is 2.20. The van der Waals surface area contributed by atoms with Crippen molar-refractivity contribution in [2.45, 2.75) is 45.2 Å². The van der Waals surface area contributed by atoms with Gasteiger partial charge in [-0.25, -0.2) is 4.39 Å². The summed E-state index contributed by atoms with van der Waals surface area (Å²) in [5, 5.41) is 7.47. The molecule has 1 heterocycles. The van der Waals surface area contributed by atoms with Crippen LogP contribution in [-0.4, -0.2) is 33.4 Å². The predicted molar refractivity (Wildman–Crippen MR) is 120 cm³/mol. The number of hydrogen-bond acceptors (Lipinski definition) is 4. The van der Waals surface area contributed by atoms with Crippen LogP contribution in [0, 0.1) is 5.82 Å². The number of primary amides is 1. The zero-order valence-corrected chi connectivity index (χ0v) is 18.4. The maximum absolute atomic E-state index is 14.1. The minimum absolute atomic E-state index is 0.00939. The van der Waals surface area contributed by atoms with E-state index >= 15 is 0 Å². The fourth-order valence-corrected chi connectivity index (χ4v) is 3.78. The summed E-state index contributed by atoms with van der Waals surface area (Å²) in [6.45, 7) is 1.73. The van der Waals surface area contributed by atoms with Gasteiger partial charge in [-0.05, 0) is 30.5 Å². The maximum Gasteiger partial charge on any atom is 0.269 e. The number of rotatable bonds is 10. The Kier molecular flexibility index (Phi) is 7.58. The third-order valence-electron chi connectivity index (χ3n) is 5.16. The average molecular weight is 459 g/mol. The average Bonchev–Trinajstić information content (AvgIpc) is 3.13. The summed E-state index contributed by atoms with van der Waals surface area (Å²) in [6, 6.07) is 10.9. The number of hydrogen-bond donors (Lipinski definition) is 2. The second-order valence-corrected chi connectivity index (χ2v) is 7.88. The van der Waals surface area contributed by atoms with Crippen molar-refractivity contribution in [2.24, 2.45) is 5.73 Å². The number of nitrogens with zero attached hydrogens (tertiary/aromatic N) is 2. The van der Waals surface area contributed by atoms with Crippen LogP contribution in [-0.2, 0) is 22.6 Å². The fraction of sp³-hybridized carbons (Fsp3) is 0.304. The van der Waals surface area contributed by atoms with Gasteiger partial charge in [0.15, 0.2) is 11.5 Å². The summed E-state index contributed by atoms with van der Waals surface area (Å²) in [5.41, 5.74) is 6.42. The van der Waals surface area contributed by atoms with E-state index < -0.39 is 23.7 Å². The first kappa shape index (κ1) is 23.4. The van der Waals surface area contributed by atoms with Crippen molar-refractivity contribution < 1.29 is 18.8 Å². The number of para-hydroxylation sites is 1. The summed E-state index contributed by atoms with van der Waals surface area (Å²) in [6.07, 6.45) is 1.39. The highest BCUT2D eigenvalue weighted by Gasteiger charge is 2.22. The van der Waals surface area contributed by atoms with E-state index in [0.717, 1.165) is 0 Å². The number of benzene rings is 2. The van der Waals surface area contributed by atoms with E-state index in [1.165, 1.54) is 10.7 Å². The predicted octanol–water partition coefficient (Wildman–Crippen LogP) is 3.41. The molecule has 1 aromatic heterocycles. The monoisotopic (exact) mass is 458 g/mol. The van der Waals surface area contributed by atoms with Crippen LogP contribution in [0.1, 0.15) is 42.2 Å². The molecule has 2 aromatic carbocycles. The van der Waals surface area contributed by atoms with Gasteiger partial charge in [0, 0.05) is 11.8 Å². The second-order valence-electron chi connectivity index (χ2n) is 7.48. The number of ketones is 1. The van der Waals surface area contributed by atoms with E-state index in [2.05, 4.69) is 10.4 Å². The lowest BCUT2D eigenvalue weighted by Gasteiger charge is -2.17. The van der Waals surface area contributed by atoms with Crippen LogP contribution >= 0.6 is 11.6 Å². The summed E-state index contributed by atoms with van der Waals surface area (Å²) < 4.78 is 15.5. The van der Waals surface area contributed by atoms with Crippen LogP contribution in [0.3, 0.4) is 0 Å². The summed E-state index contributed by atoms with van der Waals surface area (Å²) >= 11 is 5.80. The molecule has 1 atom stereocenters. The molecule has 0 spiro atoms. The van der Waals surface area contributed by atoms with Gasteiger partial charge in [0.05, 0.1) is 16.6 Å². The van der Waals surface area contributed by atoms with E-state index in [1.54, 1.807) is 36.4 Å². The maximum atomic E-state index is 14.1. The normalized spacial score (nSPS) is 12.0. The molecule has 7 nitrogen and oxygen atoms in total. The molecule has 3 aromatic rings. The number of nitrogens with one attached hydrogen (secondary N) is 1. The molecule has 3 N–H and O–H groups in total. The molecule has 168 valence electrons. The molecule has 9 heteroatoms. The molecular formula is C23H24ClFN4O3. The third kappa shape index (κ3) is 5.31. The molecule has 3 rings (SSSR count). The minimum atomic E-state index is -0.702. The second kappa shape index (κ2) is 10.4. The Balaban J connectivity index is 1.69. The van der Waals surface area contributed by atoms with Crippen molar-refractivity contribution in [3.05, 3.63) is 64.6 Å². The van der Waals surface area contributed by atoms with E-state index in [1.807, 2.05) is 6.92 Å². The number of carbonyl (C=O) groups is 3. The number of nitrogens with two attached hydrogens (primary N) is 1. The molecule has 0 unspecified atom stereocenters. The molecule has 0 aliphatic heterocycles. The Morgan fingerprint density at radius 1 is 1.19 bits per heavy atom. The number of carbonyl (C=O) groups excluding carboxylic acids is 3. The quantitative estimate of drug-likeness (QED) is 0.485. The van der Waals surface area contributed by atoms with E-state index in [0.29, 0.717) is 29.3 Å². The van der Waals surface area contributed by atoms with Crippen molar-refractivity contribution in [1.82, 2.24) is 15.1 Å². The molecule has 0 aliphatic rings. The molecule has 0 saturated heterocycles. The molecule has 0 saturated carbocycles. The van der Waals surface area contributed by atoms with Crippen LogP contribution in [0.15, 0.2) is 42.5 Å². The lowest BCUT2D eigenvalue weighted by molar-refractivity contribution is -0.128. The highest BCUT2D eigenvalue weighted by molar-refractivity contribution is 6.30. The van der Waals surface area contributed by atoms with Crippen LogP contribution < -0.4 is 11.1 Å². The van der Waals surface area contributed by atoms with Gasteiger partial charge in [-0.2, -0.15) is 5.10 Å². The molecule has 32 heavy (non-hydrogen) atoms. The minimum Gasteiger partial charge on any atom is -0.364 e. The van der Waals surface area contributed by atoms with Gasteiger partial charge in [-0.1, -0.05) is 55.3 Å². The largest absolute Gasteiger partial charge is 0.364 e. The smallest absolute Gasteiger partial charge is 0.269 e. The first-order chi connectivity index (χ1) is 15.3. The zero-order chi connectivity index (χ0) is 23.3. The van der Waals surface area contributed by atoms with E-state index in [-0.39, 0.29) is 35.9 Å². The van der Waals surface area contributed by atoms with Gasteiger partial charge < -0.3 is 11.1 Å². The van der Waals surface area contributed by atoms with Crippen molar-refractivity contribution in [2.75, 3.05) is 0 Å². The molecule has 0 fully saturated rings. The molecular weight excluding hydrogens is 435 g/mol. The van der Waals surface area contributed by atoms with Gasteiger partial charge in [-0.3, -0.25) is 19.1 Å². The van der Waals surface area contributed by atoms with Gasteiger partial charge >= 0.3 is 0 Å². The molecule has 0 bridgehead atoms. The Morgan fingerprint density at radius 3 is 2.66 bits per heavy atom.